The number of morpholine rings is 1. The second kappa shape index (κ2) is 11.6. The molecular formula is C22H30N4O5. The fourth-order valence-corrected chi connectivity index (χ4v) is 3.88. The molecule has 2 aliphatic heterocycles. The predicted octanol–water partition coefficient (Wildman–Crippen LogP) is 2.60. The molecule has 0 unspecified atom stereocenters. The Bertz CT molecular complexity index is 836. The molecule has 3 heterocycles. The molecule has 4 rings (SSSR count). The lowest BCUT2D eigenvalue weighted by molar-refractivity contribution is -0.138. The van der Waals surface area contributed by atoms with Gasteiger partial charge < -0.3 is 19.9 Å². The number of ether oxygens (including phenoxy) is 2. The summed E-state index contributed by atoms with van der Waals surface area (Å²) < 4.78 is 13.5. The first kappa shape index (κ1) is 22.9. The molecule has 0 saturated carbocycles. The molecule has 0 radical (unpaired) electrons. The van der Waals surface area contributed by atoms with Crippen LogP contribution in [0.25, 0.3) is 0 Å². The summed E-state index contributed by atoms with van der Waals surface area (Å²) in [4.78, 5) is 25.3. The Morgan fingerprint density at radius 3 is 2.65 bits per heavy atom. The molecule has 2 fully saturated rings. The van der Waals surface area contributed by atoms with Crippen LogP contribution in [0.4, 0.5) is 0 Å². The normalized spacial score (nSPS) is 21.6. The Hall–Kier alpha value is -2.78. The predicted molar refractivity (Wildman–Crippen MR) is 112 cm³/mol. The zero-order valence-corrected chi connectivity index (χ0v) is 17.8. The summed E-state index contributed by atoms with van der Waals surface area (Å²) in [6, 6.07) is 9.67. The van der Waals surface area contributed by atoms with Crippen molar-refractivity contribution in [1.29, 1.82) is 0 Å². The number of aromatic nitrogens is 3. The standard InChI is InChI=1S/C21H28N4O3.CH2O2/c1-2-3-11-25-21(23-20(24-25)16-9-12-27-13-10-16)19-18(22-17(26)14-28-19)15-7-5-4-6-8-15;2-1-3/h4-8,16,18-19H,2-3,9-14H2,1H3,(H,22,26);1H,(H,2,3)/t18-,19+;/m1./s1. The average Bonchev–Trinajstić information content (AvgIpc) is 3.23. The van der Waals surface area contributed by atoms with Crippen molar-refractivity contribution in [3.8, 4) is 0 Å². The number of carbonyl (C=O) groups excluding carboxylic acids is 1. The highest BCUT2D eigenvalue weighted by atomic mass is 16.5. The maximum absolute atomic E-state index is 12.0. The number of carbonyl (C=O) groups is 2. The fourth-order valence-electron chi connectivity index (χ4n) is 3.88. The number of nitrogens with zero attached hydrogens (tertiary/aromatic N) is 3. The molecule has 1 aromatic carbocycles. The van der Waals surface area contributed by atoms with E-state index in [4.69, 9.17) is 29.5 Å². The third-order valence-electron chi connectivity index (χ3n) is 5.45. The maximum atomic E-state index is 12.0. The highest BCUT2D eigenvalue weighted by Crippen LogP contribution is 2.35. The largest absolute Gasteiger partial charge is 0.483 e. The molecule has 2 aliphatic rings. The van der Waals surface area contributed by atoms with Gasteiger partial charge in [-0.05, 0) is 24.8 Å². The number of aryl methyl sites for hydroxylation is 1. The first-order chi connectivity index (χ1) is 15.2. The third kappa shape index (κ3) is 5.89. The molecule has 2 atom stereocenters. The minimum atomic E-state index is -0.349. The van der Waals surface area contributed by atoms with Gasteiger partial charge in [0.2, 0.25) is 5.91 Å². The number of carboxylic acid groups (broad SMARTS) is 1. The molecule has 0 bridgehead atoms. The zero-order chi connectivity index (χ0) is 22.1. The van der Waals surface area contributed by atoms with E-state index in [1.54, 1.807) is 0 Å². The van der Waals surface area contributed by atoms with Gasteiger partial charge >= 0.3 is 0 Å². The smallest absolute Gasteiger partial charge is 0.290 e. The number of amides is 1. The van der Waals surface area contributed by atoms with E-state index in [2.05, 4.69) is 12.2 Å². The van der Waals surface area contributed by atoms with E-state index >= 15 is 0 Å². The lowest BCUT2D eigenvalue weighted by atomic mass is 9.98. The quantitative estimate of drug-likeness (QED) is 0.677. The minimum Gasteiger partial charge on any atom is -0.483 e. The lowest BCUT2D eigenvalue weighted by Crippen LogP contribution is -2.42. The number of nitrogens with one attached hydrogen (secondary N) is 1. The van der Waals surface area contributed by atoms with Gasteiger partial charge in [-0.1, -0.05) is 43.7 Å². The molecule has 1 aromatic heterocycles. The van der Waals surface area contributed by atoms with E-state index in [1.165, 1.54) is 0 Å². The van der Waals surface area contributed by atoms with Gasteiger partial charge in [-0.25, -0.2) is 9.67 Å². The van der Waals surface area contributed by atoms with Crippen molar-refractivity contribution in [2.75, 3.05) is 19.8 Å². The van der Waals surface area contributed by atoms with Crippen molar-refractivity contribution < 1.29 is 24.2 Å². The van der Waals surface area contributed by atoms with Gasteiger partial charge in [0.15, 0.2) is 11.6 Å². The summed E-state index contributed by atoms with van der Waals surface area (Å²) in [5.74, 6) is 1.91. The van der Waals surface area contributed by atoms with Crippen LogP contribution >= 0.6 is 0 Å². The van der Waals surface area contributed by atoms with Gasteiger partial charge in [-0.3, -0.25) is 9.59 Å². The second-order valence-electron chi connectivity index (χ2n) is 7.58. The molecule has 31 heavy (non-hydrogen) atoms. The fraction of sp³-hybridized carbons (Fsp3) is 0.545. The van der Waals surface area contributed by atoms with E-state index in [0.29, 0.717) is 5.92 Å². The summed E-state index contributed by atoms with van der Waals surface area (Å²) in [6.45, 7) is 4.27. The van der Waals surface area contributed by atoms with Crippen molar-refractivity contribution in [3.63, 3.8) is 0 Å². The third-order valence-corrected chi connectivity index (χ3v) is 5.45. The van der Waals surface area contributed by atoms with Crippen molar-refractivity contribution in [3.05, 3.63) is 47.5 Å². The Morgan fingerprint density at radius 2 is 1.97 bits per heavy atom. The van der Waals surface area contributed by atoms with E-state index < -0.39 is 0 Å². The van der Waals surface area contributed by atoms with E-state index in [-0.39, 0.29) is 31.1 Å². The summed E-state index contributed by atoms with van der Waals surface area (Å²) in [5.41, 5.74) is 1.01. The van der Waals surface area contributed by atoms with Crippen LogP contribution in [0.5, 0.6) is 0 Å². The molecule has 2 N–H and O–H groups in total. The van der Waals surface area contributed by atoms with Gasteiger partial charge in [0, 0.05) is 25.7 Å². The van der Waals surface area contributed by atoms with Crippen LogP contribution in [-0.2, 0) is 25.6 Å². The Morgan fingerprint density at radius 1 is 1.26 bits per heavy atom. The van der Waals surface area contributed by atoms with Gasteiger partial charge in [0.1, 0.15) is 12.7 Å². The summed E-state index contributed by atoms with van der Waals surface area (Å²) >= 11 is 0. The molecule has 9 nitrogen and oxygen atoms in total. The number of benzene rings is 1. The highest BCUT2D eigenvalue weighted by molar-refractivity contribution is 5.78. The summed E-state index contributed by atoms with van der Waals surface area (Å²) in [6.07, 6.45) is 3.65. The highest BCUT2D eigenvalue weighted by Gasteiger charge is 2.36. The van der Waals surface area contributed by atoms with Crippen LogP contribution in [0.1, 0.15) is 67.9 Å². The molecule has 0 aliphatic carbocycles. The van der Waals surface area contributed by atoms with Crippen LogP contribution in [0, 0.1) is 0 Å². The Balaban J connectivity index is 0.000000858. The molecular weight excluding hydrogens is 400 g/mol. The summed E-state index contributed by atoms with van der Waals surface area (Å²) in [7, 11) is 0. The van der Waals surface area contributed by atoms with E-state index in [9.17, 15) is 4.79 Å². The molecule has 0 spiro atoms. The van der Waals surface area contributed by atoms with Gasteiger partial charge in [0.25, 0.3) is 6.47 Å². The average molecular weight is 431 g/mol. The minimum absolute atomic E-state index is 0.0429. The van der Waals surface area contributed by atoms with Gasteiger partial charge in [0.05, 0.1) is 6.04 Å². The summed E-state index contributed by atoms with van der Waals surface area (Å²) in [5, 5.41) is 14.8. The monoisotopic (exact) mass is 430 g/mol. The Kier molecular flexibility index (Phi) is 8.54. The molecule has 9 heteroatoms. The number of unbranched alkanes of at least 4 members (excludes halogenated alkanes) is 1. The topological polar surface area (TPSA) is 116 Å². The molecule has 1 amide bonds. The first-order valence-corrected chi connectivity index (χ1v) is 10.7. The van der Waals surface area contributed by atoms with Crippen LogP contribution in [0.2, 0.25) is 0 Å². The maximum Gasteiger partial charge on any atom is 0.290 e. The second-order valence-corrected chi connectivity index (χ2v) is 7.58. The Labute approximate surface area is 181 Å². The SMILES string of the molecule is CCCCn1nc(C2CCOCC2)nc1[C@H]1OCC(=O)N[C@@H]1c1ccccc1.O=CO. The van der Waals surface area contributed by atoms with Gasteiger partial charge in [-0.2, -0.15) is 5.10 Å². The lowest BCUT2D eigenvalue weighted by Gasteiger charge is -2.32. The first-order valence-electron chi connectivity index (χ1n) is 10.7. The molecule has 2 saturated heterocycles. The number of hydrogen-bond donors (Lipinski definition) is 2. The van der Waals surface area contributed by atoms with Crippen molar-refractivity contribution in [2.24, 2.45) is 0 Å². The molecule has 2 aromatic rings. The van der Waals surface area contributed by atoms with Crippen molar-refractivity contribution in [2.45, 2.75) is 57.2 Å². The molecule has 168 valence electrons. The van der Waals surface area contributed by atoms with Crippen LogP contribution in [-0.4, -0.2) is 52.1 Å². The van der Waals surface area contributed by atoms with Gasteiger partial charge in [-0.15, -0.1) is 0 Å². The van der Waals surface area contributed by atoms with E-state index in [0.717, 1.165) is 62.7 Å². The number of rotatable bonds is 6. The van der Waals surface area contributed by atoms with Crippen molar-refractivity contribution >= 4 is 12.4 Å². The van der Waals surface area contributed by atoms with Crippen LogP contribution < -0.4 is 5.32 Å². The van der Waals surface area contributed by atoms with Crippen LogP contribution in [0.3, 0.4) is 0 Å². The zero-order valence-electron chi connectivity index (χ0n) is 17.8. The van der Waals surface area contributed by atoms with Crippen LogP contribution in [0.15, 0.2) is 30.3 Å². The number of hydrogen-bond acceptors (Lipinski definition) is 6. The van der Waals surface area contributed by atoms with Crippen molar-refractivity contribution in [1.82, 2.24) is 20.1 Å². The van der Waals surface area contributed by atoms with E-state index in [1.807, 2.05) is 35.0 Å².